The van der Waals surface area contributed by atoms with Crippen LogP contribution >= 0.6 is 0 Å². The fraction of sp³-hybridized carbons (Fsp3) is 0.417. The van der Waals surface area contributed by atoms with E-state index in [-0.39, 0.29) is 12.0 Å². The van der Waals surface area contributed by atoms with Crippen molar-refractivity contribution in [3.8, 4) is 0 Å². The number of fused-ring (bicyclic) bond motifs is 1. The van der Waals surface area contributed by atoms with Crippen LogP contribution in [0, 0.1) is 5.92 Å². The first-order valence-corrected chi connectivity index (χ1v) is 5.69. The van der Waals surface area contributed by atoms with Crippen molar-refractivity contribution < 1.29 is 9.53 Å². The van der Waals surface area contributed by atoms with Gasteiger partial charge in [0.2, 0.25) is 0 Å². The molecule has 1 saturated carbocycles. The number of aromatic nitrogens is 3. The summed E-state index contributed by atoms with van der Waals surface area (Å²) < 4.78 is 6.55. The summed E-state index contributed by atoms with van der Waals surface area (Å²) >= 11 is 0. The van der Waals surface area contributed by atoms with E-state index in [9.17, 15) is 4.79 Å². The lowest BCUT2D eigenvalue weighted by molar-refractivity contribution is -0.145. The minimum atomic E-state index is -0.326. The van der Waals surface area contributed by atoms with Crippen LogP contribution in [0.3, 0.4) is 0 Å². The molecule has 2 aromatic rings. The summed E-state index contributed by atoms with van der Waals surface area (Å²) in [4.78, 5) is 11.8. The number of esters is 1. The summed E-state index contributed by atoms with van der Waals surface area (Å²) in [5.74, 6) is 0.107. The van der Waals surface area contributed by atoms with E-state index in [1.54, 1.807) is 4.68 Å². The Kier molecular flexibility index (Phi) is 2.31. The number of rotatable bonds is 3. The monoisotopic (exact) mass is 231 g/mol. The van der Waals surface area contributed by atoms with Crippen molar-refractivity contribution in [3.05, 3.63) is 24.3 Å². The number of benzene rings is 1. The first kappa shape index (κ1) is 10.3. The van der Waals surface area contributed by atoms with E-state index in [1.165, 1.54) is 7.11 Å². The lowest BCUT2D eigenvalue weighted by Gasteiger charge is -2.14. The van der Waals surface area contributed by atoms with Crippen molar-refractivity contribution in [1.29, 1.82) is 0 Å². The third kappa shape index (κ3) is 1.67. The summed E-state index contributed by atoms with van der Waals surface area (Å²) in [6.07, 6.45) is 2.10. The third-order valence-electron chi connectivity index (χ3n) is 3.15. The van der Waals surface area contributed by atoms with Gasteiger partial charge in [0.15, 0.2) is 6.04 Å². The third-order valence-corrected chi connectivity index (χ3v) is 3.15. The van der Waals surface area contributed by atoms with Gasteiger partial charge in [-0.25, -0.2) is 9.48 Å². The molecule has 1 aromatic heterocycles. The van der Waals surface area contributed by atoms with Crippen LogP contribution < -0.4 is 0 Å². The number of carbonyl (C=O) groups excluding carboxylic acids is 1. The molecule has 0 aliphatic heterocycles. The van der Waals surface area contributed by atoms with Crippen LogP contribution in [0.5, 0.6) is 0 Å². The topological polar surface area (TPSA) is 57.0 Å². The molecule has 0 radical (unpaired) electrons. The predicted molar refractivity (Wildman–Crippen MR) is 61.3 cm³/mol. The molecule has 3 rings (SSSR count). The Hall–Kier alpha value is -1.91. The van der Waals surface area contributed by atoms with Crippen LogP contribution in [-0.4, -0.2) is 28.1 Å². The number of para-hydroxylation sites is 1. The van der Waals surface area contributed by atoms with Gasteiger partial charge >= 0.3 is 5.97 Å². The number of carbonyl (C=O) groups is 1. The number of ether oxygens (including phenoxy) is 1. The van der Waals surface area contributed by atoms with E-state index in [2.05, 4.69) is 10.3 Å². The molecule has 1 unspecified atom stereocenters. The highest BCUT2D eigenvalue weighted by atomic mass is 16.5. The zero-order valence-electron chi connectivity index (χ0n) is 9.54. The first-order valence-electron chi connectivity index (χ1n) is 5.69. The Morgan fingerprint density at radius 2 is 2.24 bits per heavy atom. The van der Waals surface area contributed by atoms with Crippen molar-refractivity contribution in [2.75, 3.05) is 7.11 Å². The maximum absolute atomic E-state index is 11.8. The smallest absolute Gasteiger partial charge is 0.331 e. The standard InChI is InChI=1S/C12H13N3O2/c1-17-12(16)11(8-6-7-8)15-10-5-3-2-4-9(10)13-14-15/h2-5,8,11H,6-7H2,1H3. The molecule has 0 bridgehead atoms. The van der Waals surface area contributed by atoms with Crippen LogP contribution in [0.25, 0.3) is 11.0 Å². The summed E-state index contributed by atoms with van der Waals surface area (Å²) in [5.41, 5.74) is 1.69. The Balaban J connectivity index is 2.08. The van der Waals surface area contributed by atoms with E-state index in [0.717, 1.165) is 23.9 Å². The van der Waals surface area contributed by atoms with E-state index in [1.807, 2.05) is 24.3 Å². The Morgan fingerprint density at radius 1 is 1.47 bits per heavy atom. The van der Waals surface area contributed by atoms with E-state index in [4.69, 9.17) is 4.74 Å². The molecular formula is C12H13N3O2. The van der Waals surface area contributed by atoms with Crippen LogP contribution in [-0.2, 0) is 9.53 Å². The summed E-state index contributed by atoms with van der Waals surface area (Å²) in [5, 5.41) is 8.16. The molecule has 0 spiro atoms. The average Bonchev–Trinajstić information content (AvgIpc) is 3.10. The quantitative estimate of drug-likeness (QED) is 0.752. The molecule has 1 aliphatic carbocycles. The SMILES string of the molecule is COC(=O)C(C1CC1)n1nnc2ccccc21. The highest BCUT2D eigenvalue weighted by Gasteiger charge is 2.39. The van der Waals surface area contributed by atoms with Crippen molar-refractivity contribution >= 4 is 17.0 Å². The maximum atomic E-state index is 11.8. The van der Waals surface area contributed by atoms with Crippen molar-refractivity contribution in [2.45, 2.75) is 18.9 Å². The van der Waals surface area contributed by atoms with Gasteiger partial charge in [0.05, 0.1) is 12.6 Å². The Bertz CT molecular complexity index is 560. The fourth-order valence-electron chi connectivity index (χ4n) is 2.12. The molecule has 1 heterocycles. The van der Waals surface area contributed by atoms with Crippen LogP contribution in [0.4, 0.5) is 0 Å². The summed E-state index contributed by atoms with van der Waals surface area (Å²) in [7, 11) is 1.41. The molecule has 1 aliphatic rings. The number of methoxy groups -OCH3 is 1. The van der Waals surface area contributed by atoms with E-state index < -0.39 is 0 Å². The molecule has 0 amide bonds. The molecule has 0 saturated heterocycles. The van der Waals surface area contributed by atoms with Gasteiger partial charge in [-0.3, -0.25) is 0 Å². The second-order valence-corrected chi connectivity index (χ2v) is 4.33. The van der Waals surface area contributed by atoms with Gasteiger partial charge < -0.3 is 4.74 Å². The lowest BCUT2D eigenvalue weighted by Crippen LogP contribution is -2.23. The number of nitrogens with zero attached hydrogens (tertiary/aromatic N) is 3. The van der Waals surface area contributed by atoms with Gasteiger partial charge in [-0.15, -0.1) is 5.10 Å². The minimum Gasteiger partial charge on any atom is -0.467 e. The molecule has 0 N–H and O–H groups in total. The second kappa shape index (κ2) is 3.84. The second-order valence-electron chi connectivity index (χ2n) is 4.33. The Morgan fingerprint density at radius 3 is 2.94 bits per heavy atom. The fourth-order valence-corrected chi connectivity index (χ4v) is 2.12. The van der Waals surface area contributed by atoms with Gasteiger partial charge in [-0.1, -0.05) is 17.3 Å². The summed E-state index contributed by atoms with van der Waals surface area (Å²) in [6, 6.07) is 7.32. The van der Waals surface area contributed by atoms with Gasteiger partial charge in [-0.2, -0.15) is 0 Å². The molecule has 5 heteroatoms. The van der Waals surface area contributed by atoms with Crippen molar-refractivity contribution in [3.63, 3.8) is 0 Å². The highest BCUT2D eigenvalue weighted by molar-refractivity contribution is 5.80. The first-order chi connectivity index (χ1) is 8.31. The Labute approximate surface area is 98.4 Å². The van der Waals surface area contributed by atoms with E-state index in [0.29, 0.717) is 5.92 Å². The van der Waals surface area contributed by atoms with Gasteiger partial charge in [0.1, 0.15) is 5.52 Å². The highest BCUT2D eigenvalue weighted by Crippen LogP contribution is 2.40. The number of hydrogen-bond donors (Lipinski definition) is 0. The lowest BCUT2D eigenvalue weighted by atomic mass is 10.2. The molecule has 1 atom stereocenters. The van der Waals surface area contributed by atoms with Crippen LogP contribution in [0.2, 0.25) is 0 Å². The minimum absolute atomic E-state index is 0.233. The molecular weight excluding hydrogens is 218 g/mol. The average molecular weight is 231 g/mol. The van der Waals surface area contributed by atoms with Crippen LogP contribution in [0.1, 0.15) is 18.9 Å². The molecule has 1 fully saturated rings. The molecule has 17 heavy (non-hydrogen) atoms. The largest absolute Gasteiger partial charge is 0.467 e. The molecule has 88 valence electrons. The van der Waals surface area contributed by atoms with Gasteiger partial charge in [0.25, 0.3) is 0 Å². The normalized spacial score (nSPS) is 17.0. The maximum Gasteiger partial charge on any atom is 0.331 e. The van der Waals surface area contributed by atoms with Gasteiger partial charge in [-0.05, 0) is 30.9 Å². The van der Waals surface area contributed by atoms with Crippen LogP contribution in [0.15, 0.2) is 24.3 Å². The van der Waals surface area contributed by atoms with Gasteiger partial charge in [0, 0.05) is 0 Å². The van der Waals surface area contributed by atoms with Crippen molar-refractivity contribution in [2.24, 2.45) is 5.92 Å². The number of hydrogen-bond acceptors (Lipinski definition) is 4. The molecule has 1 aromatic carbocycles. The summed E-state index contributed by atoms with van der Waals surface area (Å²) in [6.45, 7) is 0. The van der Waals surface area contributed by atoms with E-state index >= 15 is 0 Å². The zero-order valence-corrected chi connectivity index (χ0v) is 9.54. The predicted octanol–water partition coefficient (Wildman–Crippen LogP) is 1.56. The van der Waals surface area contributed by atoms with Crippen molar-refractivity contribution in [1.82, 2.24) is 15.0 Å². The zero-order chi connectivity index (χ0) is 11.8. The molecule has 5 nitrogen and oxygen atoms in total.